The van der Waals surface area contributed by atoms with E-state index < -0.39 is 0 Å². The van der Waals surface area contributed by atoms with Crippen LogP contribution in [0.1, 0.15) is 61.2 Å². The lowest BCUT2D eigenvalue weighted by atomic mass is 10.2. The zero-order valence-corrected chi connectivity index (χ0v) is 13.8. The quantitative estimate of drug-likeness (QED) is 0.881. The van der Waals surface area contributed by atoms with E-state index in [1.165, 1.54) is 25.7 Å². The van der Waals surface area contributed by atoms with Crippen LogP contribution in [-0.4, -0.2) is 39.2 Å². The highest BCUT2D eigenvalue weighted by atomic mass is 16.5. The summed E-state index contributed by atoms with van der Waals surface area (Å²) in [5, 5.41) is 7.81. The molecule has 2 aromatic rings. The minimum atomic E-state index is 0.446. The fraction of sp³-hybridized carbons (Fsp3) is 0.611. The number of aromatic nitrogens is 3. The smallest absolute Gasteiger partial charge is 0.140 e. The second-order valence-corrected chi connectivity index (χ2v) is 7.43. The molecule has 6 heteroatoms. The van der Waals surface area contributed by atoms with Crippen molar-refractivity contribution in [2.45, 2.75) is 56.5 Å². The van der Waals surface area contributed by atoms with E-state index >= 15 is 0 Å². The Labute approximate surface area is 141 Å². The molecule has 24 heavy (non-hydrogen) atoms. The van der Waals surface area contributed by atoms with Gasteiger partial charge in [-0.1, -0.05) is 5.16 Å². The lowest BCUT2D eigenvalue weighted by Crippen LogP contribution is -2.26. The van der Waals surface area contributed by atoms with Gasteiger partial charge in [-0.2, -0.15) is 0 Å². The third kappa shape index (κ3) is 3.15. The van der Waals surface area contributed by atoms with Gasteiger partial charge in [-0.3, -0.25) is 4.90 Å². The number of likely N-dealkylation sites (tertiary alicyclic amines) is 1. The van der Waals surface area contributed by atoms with E-state index in [-0.39, 0.29) is 0 Å². The normalized spacial score (nSPS) is 24.4. The maximum atomic E-state index is 5.45. The summed E-state index contributed by atoms with van der Waals surface area (Å²) in [5.41, 5.74) is 1.07. The number of rotatable bonds is 6. The molecule has 2 aliphatic carbocycles. The molecule has 0 aromatic carbocycles. The van der Waals surface area contributed by atoms with Gasteiger partial charge in [0.05, 0.1) is 5.69 Å². The van der Waals surface area contributed by atoms with Crippen LogP contribution in [0.25, 0.3) is 0 Å². The molecule has 2 saturated carbocycles. The molecule has 126 valence electrons. The van der Waals surface area contributed by atoms with E-state index in [9.17, 15) is 0 Å². The van der Waals surface area contributed by atoms with Crippen LogP contribution in [0.15, 0.2) is 22.9 Å². The van der Waals surface area contributed by atoms with Crippen molar-refractivity contribution in [2.75, 3.05) is 18.4 Å². The van der Waals surface area contributed by atoms with E-state index in [4.69, 9.17) is 4.52 Å². The van der Waals surface area contributed by atoms with Gasteiger partial charge in [-0.05, 0) is 38.2 Å². The van der Waals surface area contributed by atoms with Crippen LogP contribution in [0.2, 0.25) is 0 Å². The Morgan fingerprint density at radius 2 is 2.04 bits per heavy atom. The summed E-state index contributed by atoms with van der Waals surface area (Å²) in [4.78, 5) is 11.5. The zero-order chi connectivity index (χ0) is 15.9. The lowest BCUT2D eigenvalue weighted by Gasteiger charge is -2.16. The Hall–Kier alpha value is -1.95. The fourth-order valence-corrected chi connectivity index (χ4v) is 3.49. The van der Waals surface area contributed by atoms with Gasteiger partial charge < -0.3 is 9.84 Å². The summed E-state index contributed by atoms with van der Waals surface area (Å²) < 4.78 is 5.45. The van der Waals surface area contributed by atoms with Crippen molar-refractivity contribution >= 4 is 5.82 Å². The standard InChI is InChI=1S/C18H23N5O/c1-2-12(1)16-9-15(22-24-16)11-23-8-6-14(10-23)20-17-5-7-19-18(21-17)13-3-4-13/h5,7,9,12-14H,1-4,6,8,10-11H2,(H,19,20,21). The number of nitrogens with zero attached hydrogens (tertiary/aromatic N) is 4. The van der Waals surface area contributed by atoms with Gasteiger partial charge in [0.25, 0.3) is 0 Å². The van der Waals surface area contributed by atoms with Crippen molar-refractivity contribution < 1.29 is 4.52 Å². The summed E-state index contributed by atoms with van der Waals surface area (Å²) in [5.74, 6) is 4.28. The molecule has 1 saturated heterocycles. The number of anilines is 1. The van der Waals surface area contributed by atoms with E-state index in [2.05, 4.69) is 31.4 Å². The summed E-state index contributed by atoms with van der Waals surface area (Å²) in [6.07, 6.45) is 8.00. The molecular weight excluding hydrogens is 302 g/mol. The van der Waals surface area contributed by atoms with Crippen molar-refractivity contribution in [2.24, 2.45) is 0 Å². The molecule has 1 aliphatic heterocycles. The maximum absolute atomic E-state index is 5.45. The maximum Gasteiger partial charge on any atom is 0.140 e. The minimum Gasteiger partial charge on any atom is -0.366 e. The van der Waals surface area contributed by atoms with Crippen molar-refractivity contribution in [3.05, 3.63) is 35.6 Å². The SMILES string of the molecule is c1cc(NC2CCN(Cc3cc(C4CC4)on3)C2)nc(C2CC2)n1. The van der Waals surface area contributed by atoms with Gasteiger partial charge in [0.2, 0.25) is 0 Å². The first-order valence-electron chi connectivity index (χ1n) is 9.11. The largest absolute Gasteiger partial charge is 0.366 e. The summed E-state index contributed by atoms with van der Waals surface area (Å²) in [6, 6.07) is 4.57. The molecule has 1 N–H and O–H groups in total. The van der Waals surface area contributed by atoms with Gasteiger partial charge in [-0.15, -0.1) is 0 Å². The van der Waals surface area contributed by atoms with Crippen LogP contribution < -0.4 is 5.32 Å². The lowest BCUT2D eigenvalue weighted by molar-refractivity contribution is 0.308. The van der Waals surface area contributed by atoms with E-state index in [0.29, 0.717) is 17.9 Å². The summed E-state index contributed by atoms with van der Waals surface area (Å²) in [6.45, 7) is 2.99. The van der Waals surface area contributed by atoms with Gasteiger partial charge >= 0.3 is 0 Å². The minimum absolute atomic E-state index is 0.446. The summed E-state index contributed by atoms with van der Waals surface area (Å²) >= 11 is 0. The highest BCUT2D eigenvalue weighted by Crippen LogP contribution is 2.40. The number of nitrogens with one attached hydrogen (secondary N) is 1. The molecule has 6 nitrogen and oxygen atoms in total. The van der Waals surface area contributed by atoms with Gasteiger partial charge in [0, 0.05) is 49.8 Å². The van der Waals surface area contributed by atoms with E-state index in [1.54, 1.807) is 0 Å². The third-order valence-electron chi connectivity index (χ3n) is 5.18. The Kier molecular flexibility index (Phi) is 3.51. The highest BCUT2D eigenvalue weighted by molar-refractivity contribution is 5.35. The van der Waals surface area contributed by atoms with E-state index in [0.717, 1.165) is 49.2 Å². The van der Waals surface area contributed by atoms with Crippen LogP contribution >= 0.6 is 0 Å². The number of hydrogen-bond donors (Lipinski definition) is 1. The Morgan fingerprint density at radius 3 is 2.88 bits per heavy atom. The van der Waals surface area contributed by atoms with Gasteiger partial charge in [0.1, 0.15) is 17.4 Å². The molecule has 3 heterocycles. The van der Waals surface area contributed by atoms with Crippen molar-refractivity contribution in [3.8, 4) is 0 Å². The number of hydrogen-bond acceptors (Lipinski definition) is 6. The molecule has 1 unspecified atom stereocenters. The van der Waals surface area contributed by atoms with Crippen molar-refractivity contribution in [3.63, 3.8) is 0 Å². The second kappa shape index (κ2) is 5.84. The van der Waals surface area contributed by atoms with Crippen LogP contribution in [0, 0.1) is 0 Å². The second-order valence-electron chi connectivity index (χ2n) is 7.43. The van der Waals surface area contributed by atoms with Crippen molar-refractivity contribution in [1.82, 2.24) is 20.0 Å². The van der Waals surface area contributed by atoms with Crippen LogP contribution in [0.5, 0.6) is 0 Å². The molecule has 3 aliphatic rings. The fourth-order valence-electron chi connectivity index (χ4n) is 3.49. The average molecular weight is 325 g/mol. The van der Waals surface area contributed by atoms with Crippen LogP contribution in [0.3, 0.4) is 0 Å². The zero-order valence-electron chi connectivity index (χ0n) is 13.8. The van der Waals surface area contributed by atoms with Gasteiger partial charge in [-0.25, -0.2) is 9.97 Å². The average Bonchev–Trinajstić information content (AvgIpc) is 3.52. The van der Waals surface area contributed by atoms with Crippen LogP contribution in [-0.2, 0) is 6.54 Å². The molecule has 2 aromatic heterocycles. The molecule has 3 fully saturated rings. The molecule has 0 radical (unpaired) electrons. The predicted octanol–water partition coefficient (Wildman–Crippen LogP) is 2.91. The Morgan fingerprint density at radius 1 is 1.17 bits per heavy atom. The molecule has 1 atom stereocenters. The first kappa shape index (κ1) is 14.4. The molecule has 0 bridgehead atoms. The highest BCUT2D eigenvalue weighted by Gasteiger charge is 2.29. The van der Waals surface area contributed by atoms with Crippen LogP contribution in [0.4, 0.5) is 5.82 Å². The predicted molar refractivity (Wildman–Crippen MR) is 89.8 cm³/mol. The van der Waals surface area contributed by atoms with Crippen molar-refractivity contribution in [1.29, 1.82) is 0 Å². The third-order valence-corrected chi connectivity index (χ3v) is 5.18. The van der Waals surface area contributed by atoms with Gasteiger partial charge in [0.15, 0.2) is 0 Å². The Balaban J connectivity index is 1.17. The molecule has 0 amide bonds. The topological polar surface area (TPSA) is 67.1 Å². The molecule has 5 rings (SSSR count). The first-order chi connectivity index (χ1) is 11.8. The molecular formula is C18H23N5O. The summed E-state index contributed by atoms with van der Waals surface area (Å²) in [7, 11) is 0. The first-order valence-corrected chi connectivity index (χ1v) is 9.11. The Bertz CT molecular complexity index is 722. The van der Waals surface area contributed by atoms with E-state index in [1.807, 2.05) is 12.3 Å². The monoisotopic (exact) mass is 325 g/mol. The molecule has 0 spiro atoms.